The van der Waals surface area contributed by atoms with Gasteiger partial charge in [0.15, 0.2) is 38.7 Å². The standard InChI is InChI=1S/C31H23Cl2N3O7S2/c1-40-20-10-8-15(11-22(20)42-3)25-24(26(37)23-12-16-5-4-6-21(41-2)28(16)43-23)27(38)29(39)36(25)30-34-35-31(45-30)44-14-17-7-9-18(32)13-19(17)33/h4-13,25,38H,14H2,1-3H3. The number of carbonyl (C=O) groups is 2. The van der Waals surface area contributed by atoms with E-state index in [1.165, 1.54) is 38.0 Å². The molecule has 10 nitrogen and oxygen atoms in total. The molecule has 1 amide bonds. The van der Waals surface area contributed by atoms with Crippen molar-refractivity contribution < 1.29 is 33.3 Å². The lowest BCUT2D eigenvalue weighted by atomic mass is 9.95. The molecule has 2 aromatic heterocycles. The summed E-state index contributed by atoms with van der Waals surface area (Å²) in [6, 6.07) is 15.9. The number of anilines is 1. The van der Waals surface area contributed by atoms with Gasteiger partial charge in [0.25, 0.3) is 5.91 Å². The van der Waals surface area contributed by atoms with Crippen molar-refractivity contribution in [2.75, 3.05) is 26.2 Å². The van der Waals surface area contributed by atoms with Crippen LogP contribution in [0.1, 0.15) is 27.7 Å². The predicted octanol–water partition coefficient (Wildman–Crippen LogP) is 7.69. The van der Waals surface area contributed by atoms with Crippen molar-refractivity contribution in [1.82, 2.24) is 10.2 Å². The van der Waals surface area contributed by atoms with Crippen molar-refractivity contribution in [2.45, 2.75) is 16.1 Å². The Bertz CT molecular complexity index is 1990. The number of rotatable bonds is 10. The predicted molar refractivity (Wildman–Crippen MR) is 172 cm³/mol. The molecule has 1 N–H and O–H groups in total. The van der Waals surface area contributed by atoms with Gasteiger partial charge < -0.3 is 23.7 Å². The average molecular weight is 685 g/mol. The van der Waals surface area contributed by atoms with Crippen molar-refractivity contribution >= 4 is 74.1 Å². The molecule has 230 valence electrons. The summed E-state index contributed by atoms with van der Waals surface area (Å²) < 4.78 is 22.7. The number of hydrogen-bond donors (Lipinski definition) is 1. The highest BCUT2D eigenvalue weighted by molar-refractivity contribution is 8.00. The maximum atomic E-state index is 14.1. The first-order valence-electron chi connectivity index (χ1n) is 13.2. The lowest BCUT2D eigenvalue weighted by molar-refractivity contribution is -0.117. The number of amides is 1. The molecule has 0 aliphatic carbocycles. The van der Waals surface area contributed by atoms with E-state index >= 15 is 0 Å². The van der Waals surface area contributed by atoms with E-state index in [-0.39, 0.29) is 16.5 Å². The quantitative estimate of drug-likeness (QED) is 0.0890. The highest BCUT2D eigenvalue weighted by Gasteiger charge is 2.47. The number of ether oxygens (including phenoxy) is 3. The number of benzene rings is 3. The van der Waals surface area contributed by atoms with Crippen LogP contribution in [0, 0.1) is 0 Å². The molecule has 5 aromatic rings. The summed E-state index contributed by atoms with van der Waals surface area (Å²) in [7, 11) is 4.46. The van der Waals surface area contributed by atoms with Crippen LogP contribution >= 0.6 is 46.3 Å². The second-order valence-electron chi connectivity index (χ2n) is 9.65. The van der Waals surface area contributed by atoms with Crippen molar-refractivity contribution in [1.29, 1.82) is 0 Å². The van der Waals surface area contributed by atoms with E-state index in [1.807, 2.05) is 6.07 Å². The summed E-state index contributed by atoms with van der Waals surface area (Å²) in [4.78, 5) is 29.0. The molecule has 0 spiro atoms. The Kier molecular flexibility index (Phi) is 8.65. The van der Waals surface area contributed by atoms with Crippen molar-refractivity contribution in [2.24, 2.45) is 0 Å². The Balaban J connectivity index is 1.40. The number of ketones is 1. The second kappa shape index (κ2) is 12.6. The molecule has 1 atom stereocenters. The number of methoxy groups -OCH3 is 3. The monoisotopic (exact) mass is 683 g/mol. The van der Waals surface area contributed by atoms with Gasteiger partial charge in [-0.05, 0) is 47.5 Å². The number of furan rings is 1. The van der Waals surface area contributed by atoms with Gasteiger partial charge in [0.05, 0.1) is 32.9 Å². The highest BCUT2D eigenvalue weighted by Crippen LogP contribution is 2.46. The van der Waals surface area contributed by atoms with Crippen LogP contribution < -0.4 is 19.1 Å². The minimum atomic E-state index is -1.10. The molecule has 1 unspecified atom stereocenters. The molecule has 6 rings (SSSR count). The number of Topliss-reactive ketones (excluding diaryl/α,β-unsaturated/α-hetero) is 1. The number of para-hydroxylation sites is 1. The van der Waals surface area contributed by atoms with Gasteiger partial charge in [-0.2, -0.15) is 0 Å². The topological polar surface area (TPSA) is 124 Å². The maximum absolute atomic E-state index is 14.1. The number of nitrogens with zero attached hydrogens (tertiary/aromatic N) is 3. The van der Waals surface area contributed by atoms with Gasteiger partial charge in [0.1, 0.15) is 0 Å². The van der Waals surface area contributed by atoms with Crippen molar-refractivity contribution in [3.8, 4) is 17.2 Å². The number of aliphatic hydroxyl groups excluding tert-OH is 1. The van der Waals surface area contributed by atoms with Crippen molar-refractivity contribution in [3.05, 3.63) is 98.9 Å². The Morgan fingerprint density at radius 3 is 2.51 bits per heavy atom. The van der Waals surface area contributed by atoms with E-state index in [0.29, 0.717) is 53.9 Å². The third kappa shape index (κ3) is 5.70. The number of aliphatic hydroxyl groups is 1. The number of fused-ring (bicyclic) bond motifs is 1. The van der Waals surface area contributed by atoms with Crippen LogP contribution in [0.15, 0.2) is 80.8 Å². The normalized spacial score (nSPS) is 14.8. The van der Waals surface area contributed by atoms with E-state index in [0.717, 1.165) is 16.9 Å². The summed E-state index contributed by atoms with van der Waals surface area (Å²) in [6.07, 6.45) is 0. The third-order valence-corrected chi connectivity index (χ3v) is 9.79. The van der Waals surface area contributed by atoms with E-state index in [4.69, 9.17) is 41.8 Å². The number of hydrogen-bond acceptors (Lipinski definition) is 11. The molecule has 3 aromatic carbocycles. The van der Waals surface area contributed by atoms with Gasteiger partial charge in [-0.1, -0.05) is 70.6 Å². The van der Waals surface area contributed by atoms with Gasteiger partial charge in [-0.25, -0.2) is 0 Å². The minimum absolute atomic E-state index is 0.0791. The van der Waals surface area contributed by atoms with Gasteiger partial charge >= 0.3 is 0 Å². The molecule has 0 saturated heterocycles. The van der Waals surface area contributed by atoms with Crippen LogP contribution in [0.4, 0.5) is 5.13 Å². The average Bonchev–Trinajstić information content (AvgIpc) is 3.76. The molecule has 1 aliphatic heterocycles. The lowest BCUT2D eigenvalue weighted by Crippen LogP contribution is -2.31. The Labute approximate surface area is 275 Å². The van der Waals surface area contributed by atoms with E-state index in [9.17, 15) is 14.7 Å². The van der Waals surface area contributed by atoms with E-state index < -0.39 is 23.5 Å². The molecule has 1 aliphatic rings. The molecule has 45 heavy (non-hydrogen) atoms. The Morgan fingerprint density at radius 1 is 1.00 bits per heavy atom. The van der Waals surface area contributed by atoms with Crippen LogP contribution in [0.3, 0.4) is 0 Å². The fourth-order valence-corrected chi connectivity index (χ4v) is 7.38. The van der Waals surface area contributed by atoms with Gasteiger partial charge in [-0.15, -0.1) is 10.2 Å². The summed E-state index contributed by atoms with van der Waals surface area (Å²) >= 11 is 14.8. The molecular formula is C31H23Cl2N3O7S2. The summed E-state index contributed by atoms with van der Waals surface area (Å²) in [5.41, 5.74) is 1.47. The smallest absolute Gasteiger partial charge is 0.296 e. The Morgan fingerprint density at radius 2 is 1.78 bits per heavy atom. The Hall–Kier alpha value is -4.23. The number of carbonyl (C=O) groups excluding carboxylic acids is 2. The van der Waals surface area contributed by atoms with E-state index in [1.54, 1.807) is 54.6 Å². The van der Waals surface area contributed by atoms with Crippen LogP contribution in [0.2, 0.25) is 10.0 Å². The van der Waals surface area contributed by atoms with Gasteiger partial charge in [0, 0.05) is 21.2 Å². The van der Waals surface area contributed by atoms with Gasteiger partial charge in [0.2, 0.25) is 10.9 Å². The molecule has 0 fully saturated rings. The highest BCUT2D eigenvalue weighted by atomic mass is 35.5. The summed E-state index contributed by atoms with van der Waals surface area (Å²) in [5, 5.41) is 21.6. The first kappa shape index (κ1) is 30.8. The molecule has 14 heteroatoms. The maximum Gasteiger partial charge on any atom is 0.296 e. The molecule has 3 heterocycles. The number of thioether (sulfide) groups is 1. The fraction of sp³-hybridized carbons (Fsp3) is 0.161. The molecule has 0 saturated carbocycles. The molecule has 0 radical (unpaired) electrons. The molecular weight excluding hydrogens is 661 g/mol. The minimum Gasteiger partial charge on any atom is -0.503 e. The third-order valence-electron chi connectivity index (χ3n) is 7.10. The largest absolute Gasteiger partial charge is 0.503 e. The number of aromatic nitrogens is 2. The fourth-order valence-electron chi connectivity index (χ4n) is 4.95. The van der Waals surface area contributed by atoms with Crippen LogP contribution in [-0.4, -0.2) is 48.3 Å². The molecule has 0 bridgehead atoms. The van der Waals surface area contributed by atoms with E-state index in [2.05, 4.69) is 10.2 Å². The zero-order chi connectivity index (χ0) is 31.8. The van der Waals surface area contributed by atoms with Crippen molar-refractivity contribution in [3.63, 3.8) is 0 Å². The summed E-state index contributed by atoms with van der Waals surface area (Å²) in [5.74, 6) is -0.600. The summed E-state index contributed by atoms with van der Waals surface area (Å²) in [6.45, 7) is 0. The zero-order valence-corrected chi connectivity index (χ0v) is 27.0. The number of halogens is 2. The first-order valence-corrected chi connectivity index (χ1v) is 15.8. The first-order chi connectivity index (χ1) is 21.7. The second-order valence-corrected chi connectivity index (χ2v) is 12.7. The lowest BCUT2D eigenvalue weighted by Gasteiger charge is -2.24. The van der Waals surface area contributed by atoms with Gasteiger partial charge in [-0.3, -0.25) is 14.5 Å². The van der Waals surface area contributed by atoms with Crippen LogP contribution in [0.5, 0.6) is 17.2 Å². The SMILES string of the molecule is COc1ccc(C2C(C(=O)c3cc4cccc(OC)c4o3)=C(O)C(=O)N2c2nnc(SCc3ccc(Cl)cc3Cl)s2)cc1OC. The van der Waals surface area contributed by atoms with Crippen LogP contribution in [0.25, 0.3) is 11.0 Å². The zero-order valence-electron chi connectivity index (χ0n) is 23.9. The van der Waals surface area contributed by atoms with Crippen LogP contribution in [-0.2, 0) is 10.5 Å².